The molecule has 2 unspecified atom stereocenters. The van der Waals surface area contributed by atoms with Gasteiger partial charge < -0.3 is 25.0 Å². The molecule has 2 N–H and O–H groups in total. The second-order valence-corrected chi connectivity index (χ2v) is 7.82. The number of hydrogen-bond donors (Lipinski definition) is 2. The van der Waals surface area contributed by atoms with Gasteiger partial charge in [0.25, 0.3) is 5.91 Å². The highest BCUT2D eigenvalue weighted by molar-refractivity contribution is 5.99. The number of nitrogens with zero attached hydrogens (tertiary/aromatic N) is 2. The molecule has 3 atom stereocenters. The molecule has 3 amide bonds. The lowest BCUT2D eigenvalue weighted by Crippen LogP contribution is -2.71. The Morgan fingerprint density at radius 1 is 1.09 bits per heavy atom. The maximum atomic E-state index is 12.9. The Hall–Kier alpha value is -3.88. The minimum Gasteiger partial charge on any atom is -0.484 e. The molecule has 2 aromatic carbocycles. The number of carbonyl (C=O) groups is 4. The fourth-order valence-electron chi connectivity index (χ4n) is 4.12. The van der Waals surface area contributed by atoms with Crippen LogP contribution in [0, 0.1) is 6.92 Å². The average molecular weight is 437 g/mol. The van der Waals surface area contributed by atoms with Gasteiger partial charge in [0.1, 0.15) is 11.8 Å². The van der Waals surface area contributed by atoms with Crippen molar-refractivity contribution in [2.24, 2.45) is 0 Å². The summed E-state index contributed by atoms with van der Waals surface area (Å²) in [7, 11) is 0. The van der Waals surface area contributed by atoms with E-state index >= 15 is 0 Å². The van der Waals surface area contributed by atoms with Gasteiger partial charge in [0.05, 0.1) is 12.5 Å². The first kappa shape index (κ1) is 21.4. The third-order valence-electron chi connectivity index (χ3n) is 5.78. The van der Waals surface area contributed by atoms with Gasteiger partial charge in [-0.1, -0.05) is 42.5 Å². The van der Waals surface area contributed by atoms with Crippen LogP contribution in [0.5, 0.6) is 5.75 Å². The molecule has 0 radical (unpaired) electrons. The van der Waals surface area contributed by atoms with Gasteiger partial charge in [-0.2, -0.15) is 0 Å². The van der Waals surface area contributed by atoms with Crippen LogP contribution in [0.2, 0.25) is 0 Å². The van der Waals surface area contributed by atoms with Crippen LogP contribution in [-0.2, 0) is 25.6 Å². The zero-order valence-electron chi connectivity index (χ0n) is 17.4. The molecule has 2 heterocycles. The second kappa shape index (κ2) is 8.70. The molecule has 2 fully saturated rings. The second-order valence-electron chi connectivity index (χ2n) is 7.82. The minimum atomic E-state index is -1.38. The Kier molecular flexibility index (Phi) is 5.81. The highest BCUT2D eigenvalue weighted by Gasteiger charge is 2.60. The number of amides is 3. The van der Waals surface area contributed by atoms with E-state index in [4.69, 9.17) is 4.74 Å². The molecule has 0 spiro atoms. The molecular weight excluding hydrogens is 414 g/mol. The van der Waals surface area contributed by atoms with Crippen LogP contribution in [0.4, 0.5) is 0 Å². The lowest BCUT2D eigenvalue weighted by molar-refractivity contribution is -0.166. The van der Waals surface area contributed by atoms with Gasteiger partial charge in [-0.25, -0.2) is 4.79 Å². The molecule has 2 aliphatic rings. The van der Waals surface area contributed by atoms with E-state index in [9.17, 15) is 24.3 Å². The van der Waals surface area contributed by atoms with Crippen molar-refractivity contribution in [3.05, 3.63) is 65.7 Å². The summed E-state index contributed by atoms with van der Waals surface area (Å²) in [4.78, 5) is 52.0. The van der Waals surface area contributed by atoms with Crippen molar-refractivity contribution >= 4 is 23.7 Å². The van der Waals surface area contributed by atoms with E-state index in [0.717, 1.165) is 16.0 Å². The molecule has 9 nitrogen and oxygen atoms in total. The average Bonchev–Trinajstić information content (AvgIpc) is 3.15. The number of hydrogen-bond acceptors (Lipinski definition) is 5. The molecule has 0 aromatic heterocycles. The van der Waals surface area contributed by atoms with E-state index in [1.54, 1.807) is 24.3 Å². The van der Waals surface area contributed by atoms with Crippen molar-refractivity contribution in [1.82, 2.24) is 15.1 Å². The molecule has 0 bridgehead atoms. The summed E-state index contributed by atoms with van der Waals surface area (Å²) in [5.74, 6) is -2.17. The smallest absolute Gasteiger partial charge is 0.347 e. The number of fused-ring (bicyclic) bond motifs is 1. The van der Waals surface area contributed by atoms with E-state index in [1.165, 1.54) is 4.90 Å². The largest absolute Gasteiger partial charge is 0.484 e. The van der Waals surface area contributed by atoms with Crippen LogP contribution in [0.15, 0.2) is 54.6 Å². The number of benzene rings is 2. The van der Waals surface area contributed by atoms with Gasteiger partial charge in [-0.05, 0) is 30.2 Å². The van der Waals surface area contributed by atoms with Crippen LogP contribution in [0.25, 0.3) is 0 Å². The molecule has 2 aromatic rings. The van der Waals surface area contributed by atoms with Gasteiger partial charge in [0.15, 0.2) is 6.61 Å². The third-order valence-corrected chi connectivity index (χ3v) is 5.78. The zero-order chi connectivity index (χ0) is 22.8. The Morgan fingerprint density at radius 3 is 2.47 bits per heavy atom. The number of carbonyl (C=O) groups excluding carboxylic acids is 3. The fraction of sp³-hybridized carbons (Fsp3) is 0.304. The summed E-state index contributed by atoms with van der Waals surface area (Å²) in [6.07, 6.45) is -1.34. The van der Waals surface area contributed by atoms with E-state index in [-0.39, 0.29) is 25.5 Å². The maximum Gasteiger partial charge on any atom is 0.347 e. The molecule has 0 saturated carbocycles. The summed E-state index contributed by atoms with van der Waals surface area (Å²) >= 11 is 0. The quantitative estimate of drug-likeness (QED) is 0.612. The van der Waals surface area contributed by atoms with Crippen LogP contribution >= 0.6 is 0 Å². The first-order valence-electron chi connectivity index (χ1n) is 10.2. The molecule has 32 heavy (non-hydrogen) atoms. The molecule has 9 heteroatoms. The first-order chi connectivity index (χ1) is 15.4. The van der Waals surface area contributed by atoms with Crippen molar-refractivity contribution in [1.29, 1.82) is 0 Å². The van der Waals surface area contributed by atoms with Crippen LogP contribution in [0.1, 0.15) is 11.1 Å². The van der Waals surface area contributed by atoms with Gasteiger partial charge in [-0.3, -0.25) is 14.4 Å². The number of ether oxygens (including phenoxy) is 1. The number of carboxylic acids is 1. The van der Waals surface area contributed by atoms with Gasteiger partial charge in [0, 0.05) is 6.54 Å². The minimum absolute atomic E-state index is 0.0349. The Balaban J connectivity index is 1.41. The number of aryl methyl sites for hydroxylation is 1. The highest BCUT2D eigenvalue weighted by atomic mass is 16.5. The summed E-state index contributed by atoms with van der Waals surface area (Å²) in [5.41, 5.74) is 1.72. The van der Waals surface area contributed by atoms with E-state index < -0.39 is 36.0 Å². The van der Waals surface area contributed by atoms with E-state index in [1.807, 2.05) is 37.3 Å². The number of para-hydroxylation sites is 1. The van der Waals surface area contributed by atoms with E-state index in [0.29, 0.717) is 5.75 Å². The number of aliphatic carboxylic acids is 1. The topological polar surface area (TPSA) is 116 Å². The fourth-order valence-corrected chi connectivity index (χ4v) is 4.12. The first-order valence-corrected chi connectivity index (χ1v) is 10.2. The molecule has 2 saturated heterocycles. The predicted octanol–water partition coefficient (Wildman–Crippen LogP) is 0.565. The van der Waals surface area contributed by atoms with Crippen molar-refractivity contribution in [2.75, 3.05) is 13.2 Å². The van der Waals surface area contributed by atoms with Crippen molar-refractivity contribution < 1.29 is 29.0 Å². The summed E-state index contributed by atoms with van der Waals surface area (Å²) in [5, 5.41) is 12.3. The summed E-state index contributed by atoms with van der Waals surface area (Å²) in [6.45, 7) is 1.64. The highest BCUT2D eigenvalue weighted by Crippen LogP contribution is 2.33. The van der Waals surface area contributed by atoms with Crippen LogP contribution in [-0.4, -0.2) is 70.0 Å². The number of carboxylic acid groups (broad SMARTS) is 1. The zero-order valence-corrected chi connectivity index (χ0v) is 17.4. The molecule has 166 valence electrons. The molecule has 4 rings (SSSR count). The molecule has 0 aliphatic carbocycles. The van der Waals surface area contributed by atoms with Gasteiger partial charge in [0.2, 0.25) is 18.0 Å². The van der Waals surface area contributed by atoms with Crippen LogP contribution in [0.3, 0.4) is 0 Å². The van der Waals surface area contributed by atoms with E-state index in [2.05, 4.69) is 5.32 Å². The monoisotopic (exact) mass is 437 g/mol. The third kappa shape index (κ3) is 4.01. The number of rotatable bonds is 7. The van der Waals surface area contributed by atoms with Gasteiger partial charge in [-0.15, -0.1) is 0 Å². The lowest BCUT2D eigenvalue weighted by Gasteiger charge is -2.43. The predicted molar refractivity (Wildman–Crippen MR) is 113 cm³/mol. The summed E-state index contributed by atoms with van der Waals surface area (Å²) < 4.78 is 5.38. The van der Waals surface area contributed by atoms with Crippen molar-refractivity contribution in [3.8, 4) is 5.75 Å². The Labute approximate surface area is 184 Å². The number of β-lactam (4-membered cyclic amide) rings is 1. The SMILES string of the molecule is Cc1ccccc1CC(=O)N1CC2[C@@H](NC(=O)COc3ccccc3)C(=O)N2C1C(=O)O. The Bertz CT molecular complexity index is 1060. The normalized spacial score (nSPS) is 21.5. The molecular formula is C23H23N3O6. The van der Waals surface area contributed by atoms with Crippen LogP contribution < -0.4 is 10.1 Å². The van der Waals surface area contributed by atoms with Gasteiger partial charge >= 0.3 is 5.97 Å². The van der Waals surface area contributed by atoms with Crippen molar-refractivity contribution in [3.63, 3.8) is 0 Å². The lowest BCUT2D eigenvalue weighted by atomic mass is 9.96. The molecule has 2 aliphatic heterocycles. The summed E-state index contributed by atoms with van der Waals surface area (Å²) in [6, 6.07) is 14.7. The standard InChI is InChI=1S/C23H23N3O6/c1-14-7-5-6-8-15(14)11-19(28)25-12-17-20(22(29)26(17)21(25)23(30)31)24-18(27)13-32-16-9-3-2-4-10-16/h2-10,17,20-21H,11-13H2,1H3,(H,24,27)(H,30,31)/t17?,20-,21?/m1/s1. The Morgan fingerprint density at radius 2 is 1.78 bits per heavy atom. The maximum absolute atomic E-state index is 12.9. The van der Waals surface area contributed by atoms with Crippen molar-refractivity contribution in [2.45, 2.75) is 31.6 Å². The number of nitrogens with one attached hydrogen (secondary N) is 1.